The molecule has 0 aromatic carbocycles. The van der Waals surface area contributed by atoms with Crippen molar-refractivity contribution in [3.05, 3.63) is 23.2 Å². The smallest absolute Gasteiger partial charge is 0.230 e. The second-order valence-electron chi connectivity index (χ2n) is 6.66. The van der Waals surface area contributed by atoms with Gasteiger partial charge in [0.1, 0.15) is 11.5 Å². The molecule has 4 nitrogen and oxygen atoms in total. The molecule has 2 fully saturated rings. The van der Waals surface area contributed by atoms with Crippen molar-refractivity contribution in [3.63, 3.8) is 0 Å². The van der Waals surface area contributed by atoms with Crippen molar-refractivity contribution in [2.75, 3.05) is 26.7 Å². The highest BCUT2D eigenvalue weighted by molar-refractivity contribution is 5.85. The summed E-state index contributed by atoms with van der Waals surface area (Å²) in [5, 5.41) is 0. The Morgan fingerprint density at radius 1 is 1.45 bits per heavy atom. The van der Waals surface area contributed by atoms with Crippen LogP contribution in [0.1, 0.15) is 30.4 Å². The summed E-state index contributed by atoms with van der Waals surface area (Å²) < 4.78 is 5.77. The zero-order valence-electron chi connectivity index (χ0n) is 12.9. The van der Waals surface area contributed by atoms with E-state index >= 15 is 0 Å². The van der Waals surface area contributed by atoms with Crippen LogP contribution in [0.2, 0.25) is 0 Å². The van der Waals surface area contributed by atoms with Gasteiger partial charge in [-0.25, -0.2) is 0 Å². The van der Waals surface area contributed by atoms with E-state index in [1.165, 1.54) is 5.56 Å². The highest BCUT2D eigenvalue weighted by atomic mass is 16.3. The van der Waals surface area contributed by atoms with Crippen LogP contribution < -0.4 is 0 Å². The number of rotatable bonds is 2. The third kappa shape index (κ3) is 1.97. The van der Waals surface area contributed by atoms with Crippen molar-refractivity contribution in [2.45, 2.75) is 33.7 Å². The molecular formula is C16H24N2O2. The van der Waals surface area contributed by atoms with Gasteiger partial charge in [0.2, 0.25) is 5.91 Å². The molecule has 2 aliphatic rings. The highest BCUT2D eigenvalue weighted by Gasteiger charge is 2.54. The standard InChI is InChI=1S/C16H24N2O2/c1-11-7-14(20-13(11)3)9-18-8-12(2)16(10-18)5-6-17(4)15(16)19/h7,12H,5-6,8-10H2,1-4H3/t12-,16-/m0/s1. The number of hydrogen-bond acceptors (Lipinski definition) is 3. The van der Waals surface area contributed by atoms with Crippen molar-refractivity contribution in [1.82, 2.24) is 9.80 Å². The monoisotopic (exact) mass is 276 g/mol. The summed E-state index contributed by atoms with van der Waals surface area (Å²) in [7, 11) is 1.92. The Kier molecular flexibility index (Phi) is 3.16. The minimum atomic E-state index is -0.147. The first-order chi connectivity index (χ1) is 9.42. The Labute approximate surface area is 120 Å². The van der Waals surface area contributed by atoms with E-state index in [1.807, 2.05) is 18.9 Å². The number of likely N-dealkylation sites (tertiary alicyclic amines) is 2. The second kappa shape index (κ2) is 4.62. The first-order valence-corrected chi connectivity index (χ1v) is 7.46. The Bertz CT molecular complexity index is 517. The van der Waals surface area contributed by atoms with Gasteiger partial charge in [0.25, 0.3) is 0 Å². The van der Waals surface area contributed by atoms with Crippen LogP contribution in [-0.2, 0) is 11.3 Å². The minimum absolute atomic E-state index is 0.147. The van der Waals surface area contributed by atoms with Crippen molar-refractivity contribution in [2.24, 2.45) is 11.3 Å². The molecule has 1 spiro atoms. The van der Waals surface area contributed by atoms with E-state index in [2.05, 4.69) is 24.8 Å². The van der Waals surface area contributed by atoms with Gasteiger partial charge in [-0.1, -0.05) is 6.92 Å². The van der Waals surface area contributed by atoms with Crippen LogP contribution in [0.25, 0.3) is 0 Å². The minimum Gasteiger partial charge on any atom is -0.465 e. The van der Waals surface area contributed by atoms with E-state index in [1.54, 1.807) is 0 Å². The second-order valence-corrected chi connectivity index (χ2v) is 6.66. The molecule has 0 N–H and O–H groups in total. The number of carbonyl (C=O) groups is 1. The molecule has 0 unspecified atom stereocenters. The first-order valence-electron chi connectivity index (χ1n) is 7.46. The number of nitrogens with zero attached hydrogens (tertiary/aromatic N) is 2. The lowest BCUT2D eigenvalue weighted by molar-refractivity contribution is -0.135. The van der Waals surface area contributed by atoms with Gasteiger partial charge in [0.15, 0.2) is 0 Å². The molecule has 110 valence electrons. The number of furan rings is 1. The van der Waals surface area contributed by atoms with Crippen molar-refractivity contribution in [1.29, 1.82) is 0 Å². The summed E-state index contributed by atoms with van der Waals surface area (Å²) in [4.78, 5) is 16.7. The lowest BCUT2D eigenvalue weighted by Crippen LogP contribution is -2.38. The van der Waals surface area contributed by atoms with Gasteiger partial charge in [0.05, 0.1) is 12.0 Å². The van der Waals surface area contributed by atoms with Gasteiger partial charge in [-0.2, -0.15) is 0 Å². The lowest BCUT2D eigenvalue weighted by Gasteiger charge is -2.25. The van der Waals surface area contributed by atoms with Crippen LogP contribution in [0.5, 0.6) is 0 Å². The molecule has 0 bridgehead atoms. The van der Waals surface area contributed by atoms with Crippen molar-refractivity contribution in [3.8, 4) is 0 Å². The molecule has 3 rings (SSSR count). The fraction of sp³-hybridized carbons (Fsp3) is 0.688. The molecule has 0 saturated carbocycles. The molecule has 2 atom stereocenters. The van der Waals surface area contributed by atoms with Gasteiger partial charge in [0, 0.05) is 26.7 Å². The molecule has 20 heavy (non-hydrogen) atoms. The predicted molar refractivity (Wildman–Crippen MR) is 77.3 cm³/mol. The normalized spacial score (nSPS) is 30.9. The fourth-order valence-corrected chi connectivity index (χ4v) is 3.81. The van der Waals surface area contributed by atoms with Gasteiger partial charge in [-0.3, -0.25) is 9.69 Å². The maximum Gasteiger partial charge on any atom is 0.230 e. The summed E-state index contributed by atoms with van der Waals surface area (Å²) in [6.45, 7) is 9.87. The molecule has 2 aliphatic heterocycles. The van der Waals surface area contributed by atoms with Gasteiger partial charge in [-0.15, -0.1) is 0 Å². The van der Waals surface area contributed by atoms with E-state index in [4.69, 9.17) is 4.42 Å². The van der Waals surface area contributed by atoms with Crippen LogP contribution in [0.15, 0.2) is 10.5 Å². The topological polar surface area (TPSA) is 36.7 Å². The van der Waals surface area contributed by atoms with Gasteiger partial charge in [-0.05, 0) is 37.8 Å². The third-order valence-electron chi connectivity index (χ3n) is 5.24. The molecular weight excluding hydrogens is 252 g/mol. The van der Waals surface area contributed by atoms with E-state index in [9.17, 15) is 4.79 Å². The third-order valence-corrected chi connectivity index (χ3v) is 5.24. The number of carbonyl (C=O) groups excluding carboxylic acids is 1. The zero-order valence-corrected chi connectivity index (χ0v) is 12.9. The van der Waals surface area contributed by atoms with Gasteiger partial charge < -0.3 is 9.32 Å². The zero-order chi connectivity index (χ0) is 14.5. The Balaban J connectivity index is 1.74. The quantitative estimate of drug-likeness (QED) is 0.831. The maximum atomic E-state index is 12.5. The average molecular weight is 276 g/mol. The van der Waals surface area contributed by atoms with E-state index in [0.717, 1.165) is 44.1 Å². The highest BCUT2D eigenvalue weighted by Crippen LogP contribution is 2.44. The van der Waals surface area contributed by atoms with Crippen LogP contribution >= 0.6 is 0 Å². The Morgan fingerprint density at radius 3 is 2.75 bits per heavy atom. The van der Waals surface area contributed by atoms with Crippen LogP contribution in [-0.4, -0.2) is 42.4 Å². The number of hydrogen-bond donors (Lipinski definition) is 0. The molecule has 4 heteroatoms. The first kappa shape index (κ1) is 13.7. The molecule has 1 amide bonds. The number of amides is 1. The van der Waals surface area contributed by atoms with Crippen LogP contribution in [0, 0.1) is 25.2 Å². The van der Waals surface area contributed by atoms with E-state index < -0.39 is 0 Å². The lowest BCUT2D eigenvalue weighted by atomic mass is 9.78. The number of aryl methyl sites for hydroxylation is 2. The predicted octanol–water partition coefficient (Wildman–Crippen LogP) is 2.20. The molecule has 1 aromatic heterocycles. The molecule has 3 heterocycles. The SMILES string of the molecule is Cc1cc(CN2C[C@H](C)[C@]3(CCN(C)C3=O)C2)oc1C. The summed E-state index contributed by atoms with van der Waals surface area (Å²) in [5.41, 5.74) is 1.06. The van der Waals surface area contributed by atoms with E-state index in [-0.39, 0.29) is 5.41 Å². The largest absolute Gasteiger partial charge is 0.465 e. The molecule has 2 saturated heterocycles. The summed E-state index contributed by atoms with van der Waals surface area (Å²) in [5.74, 6) is 2.78. The summed E-state index contributed by atoms with van der Waals surface area (Å²) in [6, 6.07) is 2.12. The maximum absolute atomic E-state index is 12.5. The molecule has 1 aromatic rings. The van der Waals surface area contributed by atoms with E-state index in [0.29, 0.717) is 11.8 Å². The van der Waals surface area contributed by atoms with Gasteiger partial charge >= 0.3 is 0 Å². The summed E-state index contributed by atoms with van der Waals surface area (Å²) in [6.07, 6.45) is 0.996. The van der Waals surface area contributed by atoms with Crippen molar-refractivity contribution >= 4 is 5.91 Å². The Hall–Kier alpha value is -1.29. The van der Waals surface area contributed by atoms with Crippen LogP contribution in [0.4, 0.5) is 0 Å². The molecule has 0 aliphatic carbocycles. The Morgan fingerprint density at radius 2 is 2.20 bits per heavy atom. The fourth-order valence-electron chi connectivity index (χ4n) is 3.81. The average Bonchev–Trinajstić information content (AvgIpc) is 2.96. The molecule has 0 radical (unpaired) electrons. The summed E-state index contributed by atoms with van der Waals surface area (Å²) >= 11 is 0. The van der Waals surface area contributed by atoms with Crippen molar-refractivity contribution < 1.29 is 9.21 Å². The van der Waals surface area contributed by atoms with Crippen LogP contribution in [0.3, 0.4) is 0 Å².